The summed E-state index contributed by atoms with van der Waals surface area (Å²) in [6.45, 7) is 17.6. The van der Waals surface area contributed by atoms with Gasteiger partial charge in [0.1, 0.15) is 12.7 Å². The molecule has 5 nitrogen and oxygen atoms in total. The molecule has 0 aromatic carbocycles. The van der Waals surface area contributed by atoms with Crippen molar-refractivity contribution in [2.45, 2.75) is 83.5 Å². The molecule has 0 aromatic heterocycles. The van der Waals surface area contributed by atoms with Gasteiger partial charge in [0.05, 0.1) is 0 Å². The third-order valence-corrected chi connectivity index (χ3v) is 15.0. The monoisotopic (exact) mass is 404 g/mol. The number of hydrogen-bond donors (Lipinski definition) is 0. The van der Waals surface area contributed by atoms with Crippen molar-refractivity contribution in [3.05, 3.63) is 12.3 Å². The second-order valence-corrected chi connectivity index (χ2v) is 20.5. The number of ether oxygens (including phenoxy) is 2. The highest BCUT2D eigenvalue weighted by atomic mass is 28.5. The summed E-state index contributed by atoms with van der Waals surface area (Å²) in [5, 5.41) is 0. The van der Waals surface area contributed by atoms with Crippen LogP contribution < -0.4 is 0 Å². The lowest BCUT2D eigenvalue weighted by Crippen LogP contribution is -2.51. The van der Waals surface area contributed by atoms with Gasteiger partial charge in [-0.05, 0) is 58.2 Å². The van der Waals surface area contributed by atoms with Crippen LogP contribution in [-0.4, -0.2) is 44.1 Å². The van der Waals surface area contributed by atoms with Crippen molar-refractivity contribution in [1.82, 2.24) is 0 Å². The van der Waals surface area contributed by atoms with Gasteiger partial charge in [-0.1, -0.05) is 25.0 Å². The molecule has 1 fully saturated rings. The van der Waals surface area contributed by atoms with Crippen molar-refractivity contribution >= 4 is 31.4 Å². The molecule has 1 atom stereocenters. The predicted molar refractivity (Wildman–Crippen MR) is 109 cm³/mol. The van der Waals surface area contributed by atoms with E-state index >= 15 is 0 Å². The van der Waals surface area contributed by atoms with Crippen molar-refractivity contribution < 1.29 is 22.5 Å². The van der Waals surface area contributed by atoms with Gasteiger partial charge in [0.15, 0.2) is 16.6 Å². The van der Waals surface area contributed by atoms with E-state index in [1.165, 1.54) is 12.8 Å². The van der Waals surface area contributed by atoms with Crippen LogP contribution in [0.3, 0.4) is 0 Å². The van der Waals surface area contributed by atoms with Gasteiger partial charge >= 0.3 is 14.7 Å². The molecule has 0 saturated carbocycles. The summed E-state index contributed by atoms with van der Waals surface area (Å²) < 4.78 is 22.7. The Bertz CT molecular complexity index is 452. The summed E-state index contributed by atoms with van der Waals surface area (Å²) in [5.74, 6) is 0. The van der Waals surface area contributed by atoms with E-state index in [1.54, 1.807) is 0 Å². The zero-order valence-corrected chi connectivity index (χ0v) is 19.9. The van der Waals surface area contributed by atoms with Crippen LogP contribution in [0.4, 0.5) is 4.79 Å². The van der Waals surface area contributed by atoms with Crippen molar-refractivity contribution in [3.63, 3.8) is 0 Å². The molecule has 0 amide bonds. The second kappa shape index (κ2) is 9.50. The quantitative estimate of drug-likeness (QED) is 0.249. The van der Waals surface area contributed by atoms with E-state index in [9.17, 15) is 4.79 Å². The minimum atomic E-state index is -2.11. The van der Waals surface area contributed by atoms with Gasteiger partial charge < -0.3 is 17.7 Å². The maximum Gasteiger partial charge on any atom is 0.508 e. The Kier molecular flexibility index (Phi) is 8.59. The van der Waals surface area contributed by atoms with Crippen molar-refractivity contribution in [2.24, 2.45) is 0 Å². The Labute approximate surface area is 156 Å². The van der Waals surface area contributed by atoms with Gasteiger partial charge in [-0.25, -0.2) is 4.79 Å². The molecule has 1 rings (SSSR count). The third-order valence-electron chi connectivity index (χ3n) is 4.23. The summed E-state index contributed by atoms with van der Waals surface area (Å²) in [4.78, 5) is 10.9. The molecule has 0 N–H and O–H groups in total. The zero-order valence-electron chi connectivity index (χ0n) is 16.9. The van der Waals surface area contributed by atoms with Crippen LogP contribution in [0.5, 0.6) is 0 Å². The highest BCUT2D eigenvalue weighted by Crippen LogP contribution is 2.25. The molecule has 0 aromatic rings. The van der Waals surface area contributed by atoms with Gasteiger partial charge in [-0.2, -0.15) is 0 Å². The van der Waals surface area contributed by atoms with Crippen LogP contribution in [0.25, 0.3) is 0 Å². The molecular formula is C17H36O5Si3. The normalized spacial score (nSPS) is 18.8. The molecule has 0 bridgehead atoms. The summed E-state index contributed by atoms with van der Waals surface area (Å²) in [7, 11) is -5.62. The molecule has 146 valence electrons. The number of hydrogen-bond acceptors (Lipinski definition) is 5. The van der Waals surface area contributed by atoms with Crippen LogP contribution in [0.1, 0.15) is 32.1 Å². The van der Waals surface area contributed by atoms with Crippen LogP contribution in [0, 0.1) is 0 Å². The molecule has 1 saturated heterocycles. The van der Waals surface area contributed by atoms with Gasteiger partial charge in [0.25, 0.3) is 0 Å². The summed E-state index contributed by atoms with van der Waals surface area (Å²) >= 11 is 0. The van der Waals surface area contributed by atoms with Crippen LogP contribution in [0.15, 0.2) is 12.3 Å². The fraction of sp³-hybridized carbons (Fsp3) is 0.824. The SMILES string of the molecule is C=C[Si](C)(C)O[Si](C)(C)O[Si](C)(C)CCCCCCC1COC(=O)O1. The van der Waals surface area contributed by atoms with E-state index in [-0.39, 0.29) is 6.10 Å². The lowest BCUT2D eigenvalue weighted by Gasteiger charge is -2.37. The fourth-order valence-electron chi connectivity index (χ4n) is 3.20. The number of rotatable bonds is 12. The number of unbranched alkanes of at least 4 members (excludes halogenated alkanes) is 3. The first-order chi connectivity index (χ1) is 11.4. The van der Waals surface area contributed by atoms with E-state index in [1.807, 2.05) is 5.70 Å². The Morgan fingerprint density at radius 1 is 1.08 bits per heavy atom. The van der Waals surface area contributed by atoms with E-state index in [4.69, 9.17) is 17.7 Å². The first kappa shape index (κ1) is 22.6. The molecule has 1 unspecified atom stereocenters. The summed E-state index contributed by atoms with van der Waals surface area (Å²) in [6, 6.07) is 1.16. The number of cyclic esters (lactones) is 2. The van der Waals surface area contributed by atoms with Crippen LogP contribution in [-0.2, 0) is 17.7 Å². The second-order valence-electron chi connectivity index (χ2n) is 8.42. The maximum atomic E-state index is 10.9. The smallest absolute Gasteiger partial charge is 0.437 e. The molecule has 1 aliphatic rings. The molecular weight excluding hydrogens is 368 g/mol. The molecule has 1 heterocycles. The molecule has 1 aliphatic heterocycles. The Morgan fingerprint density at radius 2 is 1.72 bits per heavy atom. The Hall–Kier alpha value is -0.419. The average Bonchev–Trinajstić information content (AvgIpc) is 2.85. The lowest BCUT2D eigenvalue weighted by atomic mass is 10.1. The first-order valence-electron chi connectivity index (χ1n) is 9.32. The van der Waals surface area contributed by atoms with E-state index in [2.05, 4.69) is 45.9 Å². The summed E-state index contributed by atoms with van der Waals surface area (Å²) in [6.07, 6.45) is 4.95. The van der Waals surface area contributed by atoms with Gasteiger partial charge in [0.2, 0.25) is 0 Å². The van der Waals surface area contributed by atoms with Gasteiger partial charge in [-0.3, -0.25) is 0 Å². The molecule has 25 heavy (non-hydrogen) atoms. The molecule has 0 spiro atoms. The standard InChI is InChI=1S/C17H36O5Si3/c1-8-23(2,3)21-25(6,7)22-24(4,5)14-12-10-9-11-13-16-15-19-17(18)20-16/h8,16H,1,9-15H2,2-7H3. The highest BCUT2D eigenvalue weighted by Gasteiger charge is 2.38. The van der Waals surface area contributed by atoms with Gasteiger partial charge in [0, 0.05) is 0 Å². The topological polar surface area (TPSA) is 54.0 Å². The largest absolute Gasteiger partial charge is 0.508 e. The van der Waals surface area contributed by atoms with Crippen molar-refractivity contribution in [1.29, 1.82) is 0 Å². The van der Waals surface area contributed by atoms with E-state index in [0.29, 0.717) is 6.61 Å². The molecule has 0 aliphatic carbocycles. The van der Waals surface area contributed by atoms with Crippen LogP contribution in [0.2, 0.25) is 45.3 Å². The predicted octanol–water partition coefficient (Wildman–Crippen LogP) is 5.34. The average molecular weight is 405 g/mol. The highest BCUT2D eigenvalue weighted by molar-refractivity contribution is 6.89. The maximum absolute atomic E-state index is 10.9. The number of carbonyl (C=O) groups excluding carboxylic acids is 1. The minimum absolute atomic E-state index is 0.0389. The van der Waals surface area contributed by atoms with E-state index < -0.39 is 31.4 Å². The molecule has 0 radical (unpaired) electrons. The first-order valence-corrected chi connectivity index (χ1v) is 18.2. The fourth-order valence-corrected chi connectivity index (χ4v) is 16.0. The third kappa shape index (κ3) is 9.74. The summed E-state index contributed by atoms with van der Waals surface area (Å²) in [5.41, 5.74) is 1.98. The van der Waals surface area contributed by atoms with Crippen molar-refractivity contribution in [3.8, 4) is 0 Å². The zero-order chi connectivity index (χ0) is 19.1. The van der Waals surface area contributed by atoms with Gasteiger partial charge in [-0.15, -0.1) is 6.58 Å². The van der Waals surface area contributed by atoms with Crippen LogP contribution >= 0.6 is 0 Å². The van der Waals surface area contributed by atoms with Crippen molar-refractivity contribution in [2.75, 3.05) is 6.61 Å². The van der Waals surface area contributed by atoms with E-state index in [0.717, 1.165) is 25.3 Å². The molecule has 8 heteroatoms. The lowest BCUT2D eigenvalue weighted by molar-refractivity contribution is 0.115. The minimum Gasteiger partial charge on any atom is -0.437 e. The Morgan fingerprint density at radius 3 is 2.28 bits per heavy atom. The number of carbonyl (C=O) groups is 1. The Balaban J connectivity index is 2.21.